The molecule has 12 rings (SSSR count). The summed E-state index contributed by atoms with van der Waals surface area (Å²) < 4.78 is 5.33. The molecule has 10 aromatic carbocycles. The summed E-state index contributed by atoms with van der Waals surface area (Å²) >= 11 is 3.79. The molecule has 0 saturated heterocycles. The molecule has 0 aliphatic carbocycles. The Morgan fingerprint density at radius 2 is 0.860 bits per heavy atom. The zero-order valence-electron chi connectivity index (χ0n) is 30.8. The van der Waals surface area contributed by atoms with Gasteiger partial charge in [0.2, 0.25) is 0 Å². The summed E-state index contributed by atoms with van der Waals surface area (Å²) in [4.78, 5) is 2.43. The van der Waals surface area contributed by atoms with E-state index < -0.39 is 0 Å². The van der Waals surface area contributed by atoms with Crippen molar-refractivity contribution in [3.8, 4) is 22.3 Å². The van der Waals surface area contributed by atoms with Gasteiger partial charge in [-0.1, -0.05) is 146 Å². The second kappa shape index (κ2) is 12.9. The Morgan fingerprint density at radius 1 is 0.298 bits per heavy atom. The molecule has 0 N–H and O–H groups in total. The highest BCUT2D eigenvalue weighted by molar-refractivity contribution is 7.27. The van der Waals surface area contributed by atoms with E-state index in [0.717, 1.165) is 17.1 Å². The summed E-state index contributed by atoms with van der Waals surface area (Å²) in [5, 5.41) is 13.1. The first-order valence-electron chi connectivity index (χ1n) is 19.4. The van der Waals surface area contributed by atoms with Gasteiger partial charge >= 0.3 is 0 Å². The average molecular weight is 760 g/mol. The van der Waals surface area contributed by atoms with Crippen LogP contribution in [0.4, 0.5) is 17.1 Å². The molecule has 266 valence electrons. The smallest absolute Gasteiger partial charge is 0.0546 e. The van der Waals surface area contributed by atoms with Gasteiger partial charge in [-0.05, 0) is 98.4 Å². The van der Waals surface area contributed by atoms with Crippen molar-refractivity contribution in [1.29, 1.82) is 0 Å². The predicted molar refractivity (Wildman–Crippen MR) is 250 cm³/mol. The van der Waals surface area contributed by atoms with Crippen LogP contribution in [0.15, 0.2) is 200 Å². The number of thiophene rings is 2. The number of fused-ring (bicyclic) bond motifs is 12. The number of nitrogens with zero attached hydrogens (tertiary/aromatic N) is 1. The SMILES string of the molecule is c1ccc(-c2ccc(N(c3ccc(-c4cccc5sc6ccc7ccc8sc9ccccc9c8c7c6c45)cc3)c3cc4ccccc4c4ccccc34)cc2)cc1. The fourth-order valence-electron chi connectivity index (χ4n) is 9.05. The van der Waals surface area contributed by atoms with Gasteiger partial charge < -0.3 is 4.90 Å². The molecule has 57 heavy (non-hydrogen) atoms. The molecule has 0 fully saturated rings. The van der Waals surface area contributed by atoms with Gasteiger partial charge in [0.1, 0.15) is 0 Å². The van der Waals surface area contributed by atoms with Gasteiger partial charge in [0.05, 0.1) is 5.69 Å². The van der Waals surface area contributed by atoms with E-state index in [1.807, 2.05) is 22.7 Å². The summed E-state index contributed by atoms with van der Waals surface area (Å²) in [5.74, 6) is 0. The first-order chi connectivity index (χ1) is 28.3. The Bertz CT molecular complexity index is 3500. The molecule has 1 nitrogen and oxygen atoms in total. The van der Waals surface area contributed by atoms with Crippen molar-refractivity contribution >= 4 is 112 Å². The van der Waals surface area contributed by atoms with E-state index in [-0.39, 0.29) is 0 Å². The number of rotatable bonds is 5. The first-order valence-corrected chi connectivity index (χ1v) is 21.0. The third-order valence-corrected chi connectivity index (χ3v) is 13.9. The van der Waals surface area contributed by atoms with E-state index in [1.165, 1.54) is 94.9 Å². The molecule has 12 aromatic rings. The summed E-state index contributed by atoms with van der Waals surface area (Å²) in [6.45, 7) is 0. The highest BCUT2D eigenvalue weighted by Crippen LogP contribution is 2.48. The molecular weight excluding hydrogens is 727 g/mol. The average Bonchev–Trinajstić information content (AvgIpc) is 3.86. The molecule has 0 aliphatic rings. The van der Waals surface area contributed by atoms with Gasteiger partial charge in [-0.25, -0.2) is 0 Å². The first kappa shape index (κ1) is 32.5. The van der Waals surface area contributed by atoms with Crippen LogP contribution in [-0.4, -0.2) is 0 Å². The summed E-state index contributed by atoms with van der Waals surface area (Å²) in [7, 11) is 0. The number of hydrogen-bond donors (Lipinski definition) is 0. The molecular formula is C54H33NS2. The third kappa shape index (κ3) is 5.13. The Labute approximate surface area is 337 Å². The lowest BCUT2D eigenvalue weighted by atomic mass is 9.94. The Balaban J connectivity index is 1.06. The number of anilines is 3. The molecule has 0 aliphatic heterocycles. The molecule has 3 heteroatoms. The van der Waals surface area contributed by atoms with Gasteiger partial charge in [-0.3, -0.25) is 0 Å². The topological polar surface area (TPSA) is 3.24 Å². The minimum absolute atomic E-state index is 1.12. The molecule has 2 aromatic heterocycles. The zero-order valence-corrected chi connectivity index (χ0v) is 32.4. The Morgan fingerprint density at radius 3 is 1.63 bits per heavy atom. The lowest BCUT2D eigenvalue weighted by Gasteiger charge is -2.28. The third-order valence-electron chi connectivity index (χ3n) is 11.6. The van der Waals surface area contributed by atoms with Gasteiger partial charge in [0.15, 0.2) is 0 Å². The van der Waals surface area contributed by atoms with Crippen LogP contribution in [0.25, 0.3) is 94.9 Å². The molecule has 0 bridgehead atoms. The van der Waals surface area contributed by atoms with E-state index in [2.05, 4.69) is 205 Å². The maximum Gasteiger partial charge on any atom is 0.0546 e. The molecule has 0 radical (unpaired) electrons. The van der Waals surface area contributed by atoms with Crippen molar-refractivity contribution < 1.29 is 0 Å². The minimum Gasteiger partial charge on any atom is -0.310 e. The van der Waals surface area contributed by atoms with E-state index in [4.69, 9.17) is 0 Å². The van der Waals surface area contributed by atoms with Crippen molar-refractivity contribution in [2.45, 2.75) is 0 Å². The predicted octanol–water partition coefficient (Wildman–Crippen LogP) is 16.7. The molecule has 0 unspecified atom stereocenters. The van der Waals surface area contributed by atoms with Crippen LogP contribution < -0.4 is 4.90 Å². The van der Waals surface area contributed by atoms with E-state index in [1.54, 1.807) is 0 Å². The molecule has 0 amide bonds. The number of benzene rings is 10. The standard InChI is InChI=1S/C54H33NS2/c1-2-11-34(12-3-1)35-21-27-39(28-22-35)55(46-33-38-13-4-5-14-41(38)43-15-6-7-16-44(43)46)40-29-23-36(24-30-40)42-18-10-20-48-52(42)54-50(57-48)32-26-37-25-31-49-53(51(37)54)45-17-8-9-19-47(45)56-49/h1-33H. The van der Waals surface area contributed by atoms with Gasteiger partial charge in [-0.2, -0.15) is 0 Å². The van der Waals surface area contributed by atoms with Crippen LogP contribution in [0.2, 0.25) is 0 Å². The monoisotopic (exact) mass is 759 g/mol. The van der Waals surface area contributed by atoms with Crippen LogP contribution in [0.1, 0.15) is 0 Å². The quantitative estimate of drug-likeness (QED) is 0.158. The van der Waals surface area contributed by atoms with Crippen LogP contribution >= 0.6 is 22.7 Å². The van der Waals surface area contributed by atoms with E-state index in [0.29, 0.717) is 0 Å². The zero-order chi connectivity index (χ0) is 37.5. The second-order valence-electron chi connectivity index (χ2n) is 14.8. The van der Waals surface area contributed by atoms with Crippen molar-refractivity contribution in [2.24, 2.45) is 0 Å². The highest BCUT2D eigenvalue weighted by Gasteiger charge is 2.20. The Hall–Kier alpha value is -6.78. The summed E-state index contributed by atoms with van der Waals surface area (Å²) in [6, 6.07) is 73.8. The molecule has 0 spiro atoms. The van der Waals surface area contributed by atoms with Crippen LogP contribution in [0.5, 0.6) is 0 Å². The summed E-state index contributed by atoms with van der Waals surface area (Å²) in [6.07, 6.45) is 0. The number of hydrogen-bond acceptors (Lipinski definition) is 3. The van der Waals surface area contributed by atoms with Crippen molar-refractivity contribution in [3.63, 3.8) is 0 Å². The molecule has 0 saturated carbocycles. The van der Waals surface area contributed by atoms with Crippen LogP contribution in [0.3, 0.4) is 0 Å². The van der Waals surface area contributed by atoms with Crippen molar-refractivity contribution in [1.82, 2.24) is 0 Å². The van der Waals surface area contributed by atoms with Crippen LogP contribution in [0, 0.1) is 0 Å². The van der Waals surface area contributed by atoms with E-state index >= 15 is 0 Å². The van der Waals surface area contributed by atoms with E-state index in [9.17, 15) is 0 Å². The van der Waals surface area contributed by atoms with Crippen molar-refractivity contribution in [3.05, 3.63) is 200 Å². The normalized spacial score (nSPS) is 11.9. The fourth-order valence-corrected chi connectivity index (χ4v) is 11.3. The van der Waals surface area contributed by atoms with Gasteiger partial charge in [0.25, 0.3) is 0 Å². The highest BCUT2D eigenvalue weighted by atomic mass is 32.1. The summed E-state index contributed by atoms with van der Waals surface area (Å²) in [5.41, 5.74) is 8.30. The molecule has 0 atom stereocenters. The Kier molecular flexibility index (Phi) is 7.34. The maximum atomic E-state index is 2.43. The molecule has 2 heterocycles. The largest absolute Gasteiger partial charge is 0.310 e. The van der Waals surface area contributed by atoms with Gasteiger partial charge in [-0.15, -0.1) is 22.7 Å². The lowest BCUT2D eigenvalue weighted by molar-refractivity contribution is 1.30. The minimum atomic E-state index is 1.12. The second-order valence-corrected chi connectivity index (χ2v) is 17.0. The van der Waals surface area contributed by atoms with Crippen LogP contribution in [-0.2, 0) is 0 Å². The maximum absolute atomic E-state index is 2.43. The lowest BCUT2D eigenvalue weighted by Crippen LogP contribution is -2.10. The fraction of sp³-hybridized carbons (Fsp3) is 0. The van der Waals surface area contributed by atoms with Gasteiger partial charge in [0, 0.05) is 62.5 Å². The van der Waals surface area contributed by atoms with Crippen molar-refractivity contribution in [2.75, 3.05) is 4.90 Å².